The van der Waals surface area contributed by atoms with Gasteiger partial charge in [-0.2, -0.15) is 0 Å². The number of ether oxygens (including phenoxy) is 1. The summed E-state index contributed by atoms with van der Waals surface area (Å²) in [6.45, 7) is 2.15. The summed E-state index contributed by atoms with van der Waals surface area (Å²) in [7, 11) is 0. The summed E-state index contributed by atoms with van der Waals surface area (Å²) in [5.41, 5.74) is 1.17. The minimum Gasteiger partial charge on any atom is -0.481 e. The fourth-order valence-corrected chi connectivity index (χ4v) is 2.49. The van der Waals surface area contributed by atoms with Gasteiger partial charge in [-0.3, -0.25) is 9.59 Å². The van der Waals surface area contributed by atoms with Gasteiger partial charge in [-0.15, -0.1) is 0 Å². The summed E-state index contributed by atoms with van der Waals surface area (Å²) >= 11 is 0. The van der Waals surface area contributed by atoms with Crippen molar-refractivity contribution in [2.75, 3.05) is 0 Å². The number of unbranched alkanes of at least 4 members (excludes halogenated alkanes) is 3. The number of carboxylic acid groups (broad SMARTS) is 1. The molecule has 0 bridgehead atoms. The van der Waals surface area contributed by atoms with E-state index in [1.807, 2.05) is 30.3 Å². The van der Waals surface area contributed by atoms with Crippen LogP contribution in [0.5, 0.6) is 0 Å². The number of hydrogen-bond donors (Lipinski definition) is 1. The Morgan fingerprint density at radius 2 is 1.74 bits per heavy atom. The Balaban J connectivity index is 2.41. The van der Waals surface area contributed by atoms with Crippen LogP contribution in [0.1, 0.15) is 63.9 Å². The molecule has 1 aromatic carbocycles. The van der Waals surface area contributed by atoms with E-state index in [1.54, 1.807) is 0 Å². The number of rotatable bonds is 12. The van der Waals surface area contributed by atoms with E-state index in [0.29, 0.717) is 19.3 Å². The Bertz CT molecular complexity index is 456. The zero-order valence-electron chi connectivity index (χ0n) is 14.0. The Labute approximate surface area is 138 Å². The fourth-order valence-electron chi connectivity index (χ4n) is 2.49. The Kier molecular flexibility index (Phi) is 9.76. The third-order valence-electron chi connectivity index (χ3n) is 3.76. The molecule has 128 valence electrons. The molecule has 0 aliphatic rings. The minimum absolute atomic E-state index is 0.0871. The van der Waals surface area contributed by atoms with Gasteiger partial charge in [-0.05, 0) is 31.2 Å². The number of benzene rings is 1. The van der Waals surface area contributed by atoms with Crippen molar-refractivity contribution in [1.82, 2.24) is 0 Å². The largest absolute Gasteiger partial charge is 0.481 e. The first-order chi connectivity index (χ1) is 11.1. The molecule has 0 saturated carbocycles. The van der Waals surface area contributed by atoms with Gasteiger partial charge < -0.3 is 9.84 Å². The Morgan fingerprint density at radius 3 is 2.39 bits per heavy atom. The number of aliphatic carboxylic acids is 1. The second kappa shape index (κ2) is 11.7. The molecule has 0 aliphatic carbocycles. The van der Waals surface area contributed by atoms with Crippen LogP contribution in [0.3, 0.4) is 0 Å². The molecule has 1 aromatic rings. The van der Waals surface area contributed by atoms with Crippen LogP contribution in [0.25, 0.3) is 0 Å². The highest BCUT2D eigenvalue weighted by molar-refractivity contribution is 5.70. The topological polar surface area (TPSA) is 63.6 Å². The molecule has 0 heterocycles. The smallest absolute Gasteiger partial charge is 0.306 e. The van der Waals surface area contributed by atoms with Crippen molar-refractivity contribution in [1.29, 1.82) is 0 Å². The van der Waals surface area contributed by atoms with Crippen molar-refractivity contribution in [3.05, 3.63) is 35.9 Å². The van der Waals surface area contributed by atoms with E-state index >= 15 is 0 Å². The van der Waals surface area contributed by atoms with Crippen LogP contribution in [0.15, 0.2) is 30.3 Å². The SMILES string of the molecule is CCCCCC(Cc1ccccc1)OC(=O)CCCCC(=O)O. The van der Waals surface area contributed by atoms with Crippen molar-refractivity contribution in [2.24, 2.45) is 0 Å². The summed E-state index contributed by atoms with van der Waals surface area (Å²) in [6, 6.07) is 10.1. The maximum Gasteiger partial charge on any atom is 0.306 e. The van der Waals surface area contributed by atoms with Crippen LogP contribution in [0.2, 0.25) is 0 Å². The number of carbonyl (C=O) groups is 2. The fraction of sp³-hybridized carbons (Fsp3) is 0.579. The van der Waals surface area contributed by atoms with Crippen molar-refractivity contribution in [3.8, 4) is 0 Å². The third kappa shape index (κ3) is 9.72. The highest BCUT2D eigenvalue weighted by Crippen LogP contribution is 2.15. The number of carboxylic acids is 1. The van der Waals surface area contributed by atoms with Gasteiger partial charge in [0.15, 0.2) is 0 Å². The lowest BCUT2D eigenvalue weighted by Crippen LogP contribution is -2.20. The summed E-state index contributed by atoms with van der Waals surface area (Å²) in [5.74, 6) is -1.03. The molecule has 1 atom stereocenters. The molecule has 1 N–H and O–H groups in total. The second-order valence-electron chi connectivity index (χ2n) is 5.90. The van der Waals surface area contributed by atoms with E-state index in [1.165, 1.54) is 5.56 Å². The number of esters is 1. The summed E-state index contributed by atoms with van der Waals surface area (Å²) in [5, 5.41) is 8.59. The highest BCUT2D eigenvalue weighted by Gasteiger charge is 2.15. The lowest BCUT2D eigenvalue weighted by molar-refractivity contribution is -0.149. The van der Waals surface area contributed by atoms with Crippen LogP contribution in [-0.4, -0.2) is 23.1 Å². The summed E-state index contributed by atoms with van der Waals surface area (Å²) in [6.07, 6.45) is 6.36. The molecule has 0 aromatic heterocycles. The third-order valence-corrected chi connectivity index (χ3v) is 3.76. The van der Waals surface area contributed by atoms with Gasteiger partial charge in [-0.25, -0.2) is 0 Å². The van der Waals surface area contributed by atoms with Gasteiger partial charge in [0.2, 0.25) is 0 Å². The van der Waals surface area contributed by atoms with Crippen LogP contribution in [0, 0.1) is 0 Å². The molecule has 0 fully saturated rings. The first kappa shape index (κ1) is 19.2. The van der Waals surface area contributed by atoms with Crippen molar-refractivity contribution in [3.63, 3.8) is 0 Å². The Morgan fingerprint density at radius 1 is 1.04 bits per heavy atom. The monoisotopic (exact) mass is 320 g/mol. The quantitative estimate of drug-likeness (QED) is 0.459. The molecule has 0 radical (unpaired) electrons. The first-order valence-electron chi connectivity index (χ1n) is 8.57. The molecule has 1 rings (SSSR count). The second-order valence-corrected chi connectivity index (χ2v) is 5.90. The molecule has 0 saturated heterocycles. The van der Waals surface area contributed by atoms with E-state index < -0.39 is 5.97 Å². The first-order valence-corrected chi connectivity index (χ1v) is 8.57. The maximum atomic E-state index is 12.0. The van der Waals surface area contributed by atoms with E-state index in [-0.39, 0.29) is 18.5 Å². The zero-order chi connectivity index (χ0) is 16.9. The predicted octanol–water partition coefficient (Wildman–Crippen LogP) is 4.37. The van der Waals surface area contributed by atoms with E-state index in [9.17, 15) is 9.59 Å². The van der Waals surface area contributed by atoms with Crippen molar-refractivity contribution in [2.45, 2.75) is 70.8 Å². The molecule has 0 spiro atoms. The average Bonchev–Trinajstić information content (AvgIpc) is 2.52. The predicted molar refractivity (Wildman–Crippen MR) is 90.3 cm³/mol. The van der Waals surface area contributed by atoms with E-state index in [2.05, 4.69) is 6.92 Å². The molecule has 4 nitrogen and oxygen atoms in total. The average molecular weight is 320 g/mol. The number of hydrogen-bond acceptors (Lipinski definition) is 3. The molecule has 4 heteroatoms. The van der Waals surface area contributed by atoms with Gasteiger partial charge >= 0.3 is 11.9 Å². The van der Waals surface area contributed by atoms with Gasteiger partial charge in [-0.1, -0.05) is 50.1 Å². The van der Waals surface area contributed by atoms with Crippen molar-refractivity contribution >= 4 is 11.9 Å². The Hall–Kier alpha value is -1.84. The summed E-state index contributed by atoms with van der Waals surface area (Å²) in [4.78, 5) is 22.4. The molecule has 1 unspecified atom stereocenters. The van der Waals surface area contributed by atoms with Crippen LogP contribution >= 0.6 is 0 Å². The molecule has 0 amide bonds. The molecule has 0 aliphatic heterocycles. The van der Waals surface area contributed by atoms with Gasteiger partial charge in [0.05, 0.1) is 0 Å². The number of carbonyl (C=O) groups excluding carboxylic acids is 1. The van der Waals surface area contributed by atoms with Crippen LogP contribution in [0.4, 0.5) is 0 Å². The molecular weight excluding hydrogens is 292 g/mol. The molecular formula is C19H28O4. The lowest BCUT2D eigenvalue weighted by Gasteiger charge is -2.18. The van der Waals surface area contributed by atoms with Gasteiger partial charge in [0, 0.05) is 19.3 Å². The minimum atomic E-state index is -0.820. The van der Waals surface area contributed by atoms with Gasteiger partial charge in [0.25, 0.3) is 0 Å². The standard InChI is InChI=1S/C19H28O4/c1-2-3-5-12-17(15-16-10-6-4-7-11-16)23-19(22)14-9-8-13-18(20)21/h4,6-7,10-11,17H,2-3,5,8-9,12-15H2,1H3,(H,20,21). The summed E-state index contributed by atoms with van der Waals surface area (Å²) < 4.78 is 5.62. The highest BCUT2D eigenvalue weighted by atomic mass is 16.5. The molecule has 23 heavy (non-hydrogen) atoms. The van der Waals surface area contributed by atoms with Gasteiger partial charge in [0.1, 0.15) is 6.10 Å². The zero-order valence-corrected chi connectivity index (χ0v) is 14.0. The van der Waals surface area contributed by atoms with Crippen LogP contribution in [-0.2, 0) is 20.7 Å². The maximum absolute atomic E-state index is 12.0. The van der Waals surface area contributed by atoms with E-state index in [4.69, 9.17) is 9.84 Å². The normalized spacial score (nSPS) is 11.9. The lowest BCUT2D eigenvalue weighted by atomic mass is 10.0. The van der Waals surface area contributed by atoms with Crippen LogP contribution < -0.4 is 0 Å². The van der Waals surface area contributed by atoms with E-state index in [0.717, 1.165) is 32.1 Å². The van der Waals surface area contributed by atoms with Crippen molar-refractivity contribution < 1.29 is 19.4 Å².